The van der Waals surface area contributed by atoms with E-state index in [-0.39, 0.29) is 178 Å². The first-order valence-electron chi connectivity index (χ1n) is 23.4. The normalized spacial score (nSPS) is 20.4. The monoisotopic (exact) mass is 1180 g/mol. The number of rotatable bonds is 14. The Bertz CT molecular complexity index is 1890. The number of hydrogen-bond donors (Lipinski definition) is 0. The van der Waals surface area contributed by atoms with Gasteiger partial charge in [0.1, 0.15) is 18.5 Å². The standard InChI is InChI=1S/C24H34ClN3O4.C22H31ClN2O2.C3H5BrO2.CH2O3.ClH.2K.H/c1-4-13-32-24(30)26-11-9-21(10-12-26)28-15-18(2)27(17-23(29)31-3)16-22(28)14-19-5-7-20(25)8-6-19;1-3-14-27-22(26)24-12-10-20(11-13-24)25-16-17(2)4-9-21(25)15-18-5-7-19(23)8-6-18;1-6-3(5)2-4;2-1-4-3;;;;/h4-8,18,21-22H,1,9-17H2,2-3H3;3,5-8,17,20-21H,1,4,9-16H2,2H3;2H2,1H3;1,3H;1H;;;/q;;;;;2*+1;-1/p-1/t18-,22-;17-,21-;;;;;;/m01....../s1. The molecule has 0 saturated carbocycles. The van der Waals surface area contributed by atoms with Crippen molar-refractivity contribution in [1.29, 1.82) is 0 Å². The number of hydrogen-bond acceptors (Lipinski definition) is 14. The minimum absolute atomic E-state index is 0. The summed E-state index contributed by atoms with van der Waals surface area (Å²) in [5.41, 5.74) is 2.58. The first kappa shape index (κ1) is 71.3. The van der Waals surface area contributed by atoms with Gasteiger partial charge in [0.2, 0.25) is 0 Å². The first-order chi connectivity index (χ1) is 33.2. The predicted molar refractivity (Wildman–Crippen MR) is 276 cm³/mol. The van der Waals surface area contributed by atoms with Gasteiger partial charge in [-0.05, 0) is 99.6 Å². The number of piperazine rings is 1. The quantitative estimate of drug-likeness (QED) is 0.0390. The van der Waals surface area contributed by atoms with Gasteiger partial charge >= 0.3 is 127 Å². The van der Waals surface area contributed by atoms with Crippen LogP contribution in [-0.2, 0) is 51.1 Å². The Labute approximate surface area is 538 Å². The molecule has 6 rings (SSSR count). The number of likely N-dealkylation sites (tertiary alicyclic amines) is 3. The average Bonchev–Trinajstić information content (AvgIpc) is 3.37. The van der Waals surface area contributed by atoms with Gasteiger partial charge in [0.05, 0.1) is 20.8 Å². The van der Waals surface area contributed by atoms with Gasteiger partial charge in [0.15, 0.2) is 0 Å². The molecule has 0 aliphatic carbocycles. The molecule has 2 aromatic carbocycles. The van der Waals surface area contributed by atoms with E-state index in [1.807, 2.05) is 29.2 Å². The molecule has 22 heteroatoms. The van der Waals surface area contributed by atoms with Crippen LogP contribution >= 0.6 is 51.5 Å². The van der Waals surface area contributed by atoms with Gasteiger partial charge in [0.25, 0.3) is 6.47 Å². The molecule has 0 unspecified atom stereocenters. The fraction of sp³-hybridized carbons (Fsp3) is 0.580. The van der Waals surface area contributed by atoms with Crippen LogP contribution in [-0.4, -0.2) is 170 Å². The van der Waals surface area contributed by atoms with Crippen molar-refractivity contribution in [1.82, 2.24) is 24.5 Å². The van der Waals surface area contributed by atoms with E-state index in [9.17, 15) is 19.2 Å². The number of alkyl halides is 1. The Balaban J connectivity index is 0. The smallest absolute Gasteiger partial charge is 1.00 e. The van der Waals surface area contributed by atoms with Gasteiger partial charge in [-0.25, -0.2) is 9.59 Å². The first-order valence-corrected chi connectivity index (χ1v) is 25.3. The summed E-state index contributed by atoms with van der Waals surface area (Å²) in [4.78, 5) is 68.5. The van der Waals surface area contributed by atoms with Gasteiger partial charge in [-0.1, -0.05) is 95.6 Å². The molecular weight excluding hydrogens is 1110 g/mol. The second-order valence-corrected chi connectivity index (χ2v) is 18.9. The second kappa shape index (κ2) is 40.5. The topological polar surface area (TPSA) is 171 Å². The number of esters is 2. The summed E-state index contributed by atoms with van der Waals surface area (Å²) in [5.74, 6) is 0.291. The number of ether oxygens (including phenoxy) is 4. The molecule has 0 N–H and O–H groups in total. The molecule has 2 aromatic rings. The van der Waals surface area contributed by atoms with Crippen molar-refractivity contribution in [2.24, 2.45) is 5.92 Å². The number of nitrogens with zero attached hydrogens (tertiary/aromatic N) is 5. The third kappa shape index (κ3) is 26.1. The van der Waals surface area contributed by atoms with Crippen LogP contribution in [0.3, 0.4) is 0 Å². The number of amides is 2. The van der Waals surface area contributed by atoms with Gasteiger partial charge in [-0.2, -0.15) is 0 Å². The fourth-order valence-electron chi connectivity index (χ4n) is 9.16. The molecule has 4 fully saturated rings. The molecule has 0 bridgehead atoms. The maximum Gasteiger partial charge on any atom is 1.00 e. The Morgan fingerprint density at radius 2 is 1.11 bits per heavy atom. The van der Waals surface area contributed by atoms with Crippen molar-refractivity contribution in [3.63, 3.8) is 0 Å². The molecule has 2 amide bonds. The Kier molecular flexibility index (Phi) is 40.2. The Morgan fingerprint density at radius 3 is 1.49 bits per heavy atom. The SMILES string of the molecule is C=CCOC(=O)N1CCC(N2C[C@H](C)CC[C@@H]2Cc2ccc(Cl)cc2)CC1.C=CCOC(=O)N1CCC(N2C[C@H](C)N(CC(=O)OC)C[C@@H]2Cc2ccc(Cl)cc2)CC1.COC(=O)CBr.Cl.O=CO[O-].[H-].[K+].[K+]. The van der Waals surface area contributed by atoms with Gasteiger partial charge in [-0.3, -0.25) is 29.1 Å². The minimum Gasteiger partial charge on any atom is -1.00 e. The summed E-state index contributed by atoms with van der Waals surface area (Å²) in [6, 6.07) is 18.3. The van der Waals surface area contributed by atoms with E-state index in [0.717, 1.165) is 87.2 Å². The summed E-state index contributed by atoms with van der Waals surface area (Å²) in [5, 5.41) is 10.2. The van der Waals surface area contributed by atoms with Crippen LogP contribution in [0.4, 0.5) is 9.59 Å². The zero-order chi connectivity index (χ0) is 50.7. The van der Waals surface area contributed by atoms with Crippen LogP contribution in [0.1, 0.15) is 64.9 Å². The van der Waals surface area contributed by atoms with Gasteiger partial charge < -0.3 is 40.3 Å². The fourth-order valence-corrected chi connectivity index (χ4v) is 9.64. The molecular formula is C50H73BrCl3K2N5O11. The molecule has 4 atom stereocenters. The molecule has 0 spiro atoms. The number of piperidine rings is 3. The largest absolute Gasteiger partial charge is 1.00 e. The molecule has 4 heterocycles. The van der Waals surface area contributed by atoms with Crippen molar-refractivity contribution in [3.05, 3.63) is 95.0 Å². The van der Waals surface area contributed by atoms with Crippen molar-refractivity contribution < 1.29 is 157 Å². The number of carbonyl (C=O) groups excluding carboxylic acids is 5. The van der Waals surface area contributed by atoms with Crippen LogP contribution in [0, 0.1) is 5.92 Å². The third-order valence-electron chi connectivity index (χ3n) is 12.7. The van der Waals surface area contributed by atoms with E-state index in [1.165, 1.54) is 38.2 Å². The van der Waals surface area contributed by atoms with Gasteiger partial charge in [0, 0.05) is 86.1 Å². The zero-order valence-corrected chi connectivity index (χ0v) is 53.1. The molecule has 16 nitrogen and oxygen atoms in total. The summed E-state index contributed by atoms with van der Waals surface area (Å²) in [6.45, 7) is 18.1. The average molecular weight is 1180 g/mol. The van der Waals surface area contributed by atoms with E-state index in [1.54, 1.807) is 17.1 Å². The van der Waals surface area contributed by atoms with Crippen LogP contribution in [0.2, 0.25) is 10.0 Å². The molecule has 4 aliphatic heterocycles. The summed E-state index contributed by atoms with van der Waals surface area (Å²) >= 11 is 15.0. The van der Waals surface area contributed by atoms with Crippen molar-refractivity contribution in [2.45, 2.75) is 95.4 Å². The minimum atomic E-state index is -0.266. The van der Waals surface area contributed by atoms with Gasteiger partial charge in [-0.15, -0.1) is 12.4 Å². The van der Waals surface area contributed by atoms with Crippen LogP contribution in [0.15, 0.2) is 73.8 Å². The Morgan fingerprint density at radius 1 is 0.694 bits per heavy atom. The molecule has 72 heavy (non-hydrogen) atoms. The number of carbonyl (C=O) groups is 5. The van der Waals surface area contributed by atoms with Crippen LogP contribution in [0.25, 0.3) is 0 Å². The summed E-state index contributed by atoms with van der Waals surface area (Å²) < 4.78 is 19.5. The van der Waals surface area contributed by atoms with E-state index in [2.05, 4.69) is 91.5 Å². The van der Waals surface area contributed by atoms with E-state index < -0.39 is 0 Å². The second-order valence-electron chi connectivity index (χ2n) is 17.5. The Hall–Kier alpha value is -0.667. The van der Waals surface area contributed by atoms with E-state index in [4.69, 9.17) is 47.5 Å². The zero-order valence-electron chi connectivity index (χ0n) is 43.9. The van der Waals surface area contributed by atoms with Crippen molar-refractivity contribution in [2.75, 3.05) is 85.1 Å². The summed E-state index contributed by atoms with van der Waals surface area (Å²) in [6.07, 6.45) is 11.1. The van der Waals surface area contributed by atoms with Crippen LogP contribution in [0.5, 0.6) is 0 Å². The van der Waals surface area contributed by atoms with E-state index >= 15 is 0 Å². The number of halogens is 4. The third-order valence-corrected chi connectivity index (χ3v) is 13.7. The molecule has 0 aromatic heterocycles. The van der Waals surface area contributed by atoms with E-state index in [0.29, 0.717) is 37.8 Å². The molecule has 0 radical (unpaired) electrons. The number of benzene rings is 2. The maximum atomic E-state index is 12.2. The molecule has 4 aliphatic rings. The molecule has 394 valence electrons. The van der Waals surface area contributed by atoms with Crippen molar-refractivity contribution in [3.8, 4) is 0 Å². The maximum absolute atomic E-state index is 12.2. The van der Waals surface area contributed by atoms with Crippen molar-refractivity contribution >= 4 is 82.1 Å². The number of methoxy groups -OCH3 is 2. The summed E-state index contributed by atoms with van der Waals surface area (Å²) in [7, 11) is 2.78. The predicted octanol–water partition coefficient (Wildman–Crippen LogP) is 1.52. The molecule has 4 saturated heterocycles. The van der Waals surface area contributed by atoms with Crippen LogP contribution < -0.4 is 108 Å².